The van der Waals surface area contributed by atoms with Crippen molar-refractivity contribution in [3.63, 3.8) is 0 Å². The summed E-state index contributed by atoms with van der Waals surface area (Å²) >= 11 is 1.76. The monoisotopic (exact) mass is 518 g/mol. The van der Waals surface area contributed by atoms with Gasteiger partial charge in [-0.1, -0.05) is 0 Å². The Bertz CT molecular complexity index is 704. The number of likely N-dealkylation sites (tertiary alicyclic amines) is 1. The number of piperidine rings is 1. The van der Waals surface area contributed by atoms with E-state index in [1.54, 1.807) is 11.3 Å². The summed E-state index contributed by atoms with van der Waals surface area (Å²) in [6.45, 7) is 5.83. The number of carbonyl (C=O) groups is 1. The van der Waals surface area contributed by atoms with Crippen LogP contribution in [0, 0.1) is 5.41 Å². The SMILES string of the molecule is CN=C(NCCc1csc(N2CCCC2)n1)N1CCCC2(CNC(=O)C2)C1.I. The predicted molar refractivity (Wildman–Crippen MR) is 125 cm³/mol. The molecule has 1 atom stereocenters. The third-order valence-electron chi connectivity index (χ3n) is 5.95. The Kier molecular flexibility index (Phi) is 7.41. The molecule has 9 heteroatoms. The molecule has 0 saturated carbocycles. The van der Waals surface area contributed by atoms with Gasteiger partial charge in [-0.3, -0.25) is 9.79 Å². The summed E-state index contributed by atoms with van der Waals surface area (Å²) in [6.07, 6.45) is 6.36. The number of nitrogens with zero attached hydrogens (tertiary/aromatic N) is 4. The Morgan fingerprint density at radius 3 is 2.89 bits per heavy atom. The van der Waals surface area contributed by atoms with Crippen LogP contribution in [0.1, 0.15) is 37.8 Å². The van der Waals surface area contributed by atoms with Crippen LogP contribution in [0.2, 0.25) is 0 Å². The normalized spacial score (nSPS) is 25.2. The van der Waals surface area contributed by atoms with Crippen LogP contribution in [-0.4, -0.2) is 68.1 Å². The summed E-state index contributed by atoms with van der Waals surface area (Å²) in [4.78, 5) is 25.7. The number of hydrogen-bond acceptors (Lipinski definition) is 5. The molecule has 3 fully saturated rings. The third-order valence-corrected chi connectivity index (χ3v) is 6.90. The second-order valence-corrected chi connectivity index (χ2v) is 8.85. The molecule has 4 heterocycles. The minimum atomic E-state index is 0. The first kappa shape index (κ1) is 21.6. The van der Waals surface area contributed by atoms with Gasteiger partial charge in [0, 0.05) is 70.0 Å². The van der Waals surface area contributed by atoms with Gasteiger partial charge in [0.2, 0.25) is 5.91 Å². The molecule has 0 aliphatic carbocycles. The molecule has 1 amide bonds. The molecule has 1 aromatic rings. The first-order valence-corrected chi connectivity index (χ1v) is 11.0. The lowest BCUT2D eigenvalue weighted by atomic mass is 9.79. The number of rotatable bonds is 4. The number of guanidine groups is 1. The number of halogens is 1. The first-order valence-electron chi connectivity index (χ1n) is 10.1. The summed E-state index contributed by atoms with van der Waals surface area (Å²) < 4.78 is 0. The Labute approximate surface area is 188 Å². The number of anilines is 1. The van der Waals surface area contributed by atoms with E-state index in [2.05, 4.69) is 30.8 Å². The van der Waals surface area contributed by atoms with Gasteiger partial charge in [0.1, 0.15) is 0 Å². The molecule has 0 bridgehead atoms. The lowest BCUT2D eigenvalue weighted by molar-refractivity contribution is -0.119. The van der Waals surface area contributed by atoms with Gasteiger partial charge in [0.05, 0.1) is 5.69 Å². The average Bonchev–Trinajstić information content (AvgIpc) is 3.40. The van der Waals surface area contributed by atoms with Crippen molar-refractivity contribution in [2.45, 2.75) is 38.5 Å². The number of thiazole rings is 1. The first-order chi connectivity index (χ1) is 13.2. The van der Waals surface area contributed by atoms with Crippen LogP contribution < -0.4 is 15.5 Å². The molecule has 2 N–H and O–H groups in total. The molecule has 3 aliphatic rings. The van der Waals surface area contributed by atoms with Crippen LogP contribution >= 0.6 is 35.3 Å². The van der Waals surface area contributed by atoms with Crippen LogP contribution in [-0.2, 0) is 11.2 Å². The summed E-state index contributed by atoms with van der Waals surface area (Å²) in [5.74, 6) is 1.14. The molecular weight excluding hydrogens is 487 g/mol. The average molecular weight is 518 g/mol. The number of aliphatic imine (C=N–C) groups is 1. The molecule has 3 saturated heterocycles. The number of carbonyl (C=O) groups excluding carboxylic acids is 1. The maximum atomic E-state index is 11.7. The zero-order chi connectivity index (χ0) is 18.7. The Morgan fingerprint density at radius 1 is 1.36 bits per heavy atom. The molecule has 4 rings (SSSR count). The lowest BCUT2D eigenvalue weighted by Gasteiger charge is -2.40. The second-order valence-electron chi connectivity index (χ2n) is 8.02. The van der Waals surface area contributed by atoms with E-state index in [1.807, 2.05) is 7.05 Å². The van der Waals surface area contributed by atoms with Crippen molar-refractivity contribution >= 4 is 52.3 Å². The van der Waals surface area contributed by atoms with E-state index in [0.29, 0.717) is 6.42 Å². The van der Waals surface area contributed by atoms with Crippen LogP contribution in [0.4, 0.5) is 5.13 Å². The fraction of sp³-hybridized carbons (Fsp3) is 0.737. The number of nitrogens with one attached hydrogen (secondary N) is 2. The van der Waals surface area contributed by atoms with E-state index in [-0.39, 0.29) is 35.3 Å². The predicted octanol–water partition coefficient (Wildman–Crippen LogP) is 2.08. The Morgan fingerprint density at radius 2 is 2.18 bits per heavy atom. The van der Waals surface area contributed by atoms with Gasteiger partial charge in [-0.15, -0.1) is 35.3 Å². The fourth-order valence-corrected chi connectivity index (χ4v) is 5.44. The molecule has 28 heavy (non-hydrogen) atoms. The van der Waals surface area contributed by atoms with Gasteiger partial charge in [-0.25, -0.2) is 4.98 Å². The van der Waals surface area contributed by atoms with E-state index in [0.717, 1.165) is 70.2 Å². The van der Waals surface area contributed by atoms with Gasteiger partial charge < -0.3 is 20.4 Å². The third kappa shape index (κ3) is 4.90. The maximum Gasteiger partial charge on any atom is 0.220 e. The van der Waals surface area contributed by atoms with Crippen LogP contribution in [0.5, 0.6) is 0 Å². The van der Waals surface area contributed by atoms with Gasteiger partial charge in [0.15, 0.2) is 11.1 Å². The van der Waals surface area contributed by atoms with Gasteiger partial charge in [-0.2, -0.15) is 0 Å². The lowest BCUT2D eigenvalue weighted by Crippen LogP contribution is -2.51. The fourth-order valence-electron chi connectivity index (χ4n) is 4.53. The molecule has 0 aromatic carbocycles. The minimum Gasteiger partial charge on any atom is -0.356 e. The zero-order valence-corrected chi connectivity index (χ0v) is 19.7. The van der Waals surface area contributed by atoms with Crippen LogP contribution in [0.3, 0.4) is 0 Å². The number of hydrogen-bond donors (Lipinski definition) is 2. The molecule has 1 spiro atoms. The second kappa shape index (κ2) is 9.60. The number of aromatic nitrogens is 1. The van der Waals surface area contributed by atoms with Gasteiger partial charge >= 0.3 is 0 Å². The highest BCUT2D eigenvalue weighted by molar-refractivity contribution is 14.0. The standard InChI is InChI=1S/C19H30N6OS.HI/c1-20-17(25-10-4-6-19(14-25)11-16(26)22-13-19)21-7-5-15-12-27-18(23-15)24-8-2-3-9-24;/h12H,2-11,13-14H2,1H3,(H,20,21)(H,22,26);1H. The molecule has 3 aliphatic heterocycles. The summed E-state index contributed by atoms with van der Waals surface area (Å²) in [6, 6.07) is 0. The zero-order valence-electron chi connectivity index (χ0n) is 16.6. The van der Waals surface area contributed by atoms with Crippen LogP contribution in [0.25, 0.3) is 0 Å². The van der Waals surface area contributed by atoms with Crippen molar-refractivity contribution in [3.8, 4) is 0 Å². The van der Waals surface area contributed by atoms with Crippen LogP contribution in [0.15, 0.2) is 10.4 Å². The van der Waals surface area contributed by atoms with E-state index in [1.165, 1.54) is 18.0 Å². The Balaban J connectivity index is 0.00000225. The summed E-state index contributed by atoms with van der Waals surface area (Å²) in [5, 5.41) is 9.87. The highest BCUT2D eigenvalue weighted by Crippen LogP contribution is 2.36. The highest BCUT2D eigenvalue weighted by Gasteiger charge is 2.42. The van der Waals surface area contributed by atoms with E-state index in [9.17, 15) is 4.79 Å². The van der Waals surface area contributed by atoms with E-state index < -0.39 is 0 Å². The van der Waals surface area contributed by atoms with Crippen molar-refractivity contribution in [1.29, 1.82) is 0 Å². The quantitative estimate of drug-likeness (QED) is 0.363. The van der Waals surface area contributed by atoms with Gasteiger partial charge in [-0.05, 0) is 25.7 Å². The van der Waals surface area contributed by atoms with Crippen molar-refractivity contribution in [3.05, 3.63) is 11.1 Å². The van der Waals surface area contributed by atoms with E-state index in [4.69, 9.17) is 4.98 Å². The molecule has 7 nitrogen and oxygen atoms in total. The largest absolute Gasteiger partial charge is 0.356 e. The molecule has 1 unspecified atom stereocenters. The topological polar surface area (TPSA) is 72.9 Å². The van der Waals surface area contributed by atoms with Crippen molar-refractivity contribution in [2.75, 3.05) is 51.2 Å². The minimum absolute atomic E-state index is 0. The number of amides is 1. The molecule has 1 aromatic heterocycles. The smallest absolute Gasteiger partial charge is 0.220 e. The van der Waals surface area contributed by atoms with Crippen molar-refractivity contribution in [2.24, 2.45) is 10.4 Å². The van der Waals surface area contributed by atoms with Crippen molar-refractivity contribution in [1.82, 2.24) is 20.5 Å². The highest BCUT2D eigenvalue weighted by atomic mass is 127. The van der Waals surface area contributed by atoms with E-state index >= 15 is 0 Å². The van der Waals surface area contributed by atoms with Crippen molar-refractivity contribution < 1.29 is 4.79 Å². The maximum absolute atomic E-state index is 11.7. The summed E-state index contributed by atoms with van der Waals surface area (Å²) in [5.41, 5.74) is 1.25. The molecular formula is C19H31IN6OS. The van der Waals surface area contributed by atoms with Gasteiger partial charge in [0.25, 0.3) is 0 Å². The summed E-state index contributed by atoms with van der Waals surface area (Å²) in [7, 11) is 1.84. The molecule has 156 valence electrons. The Hall–Kier alpha value is -1.10. The molecule has 0 radical (unpaired) electrons.